The van der Waals surface area contributed by atoms with Crippen LogP contribution in [0.3, 0.4) is 0 Å². The molecule has 14 heavy (non-hydrogen) atoms. The quantitative estimate of drug-likeness (QED) is 0.724. The van der Waals surface area contributed by atoms with Gasteiger partial charge in [0, 0.05) is 13.0 Å². The predicted molar refractivity (Wildman–Crippen MR) is 61.2 cm³/mol. The summed E-state index contributed by atoms with van der Waals surface area (Å²) >= 11 is 0. The Morgan fingerprint density at radius 3 is 2.29 bits per heavy atom. The van der Waals surface area contributed by atoms with Gasteiger partial charge in [0.05, 0.1) is 0 Å². The molecule has 0 bridgehead atoms. The van der Waals surface area contributed by atoms with Crippen molar-refractivity contribution in [1.29, 1.82) is 0 Å². The third kappa shape index (κ3) is 6.01. The molecule has 0 fully saturated rings. The summed E-state index contributed by atoms with van der Waals surface area (Å²) in [4.78, 5) is 11.6. The van der Waals surface area contributed by atoms with E-state index in [1.807, 2.05) is 0 Å². The molecule has 0 saturated carbocycles. The Bertz CT molecular complexity index is 170. The van der Waals surface area contributed by atoms with E-state index in [9.17, 15) is 4.79 Å². The van der Waals surface area contributed by atoms with Gasteiger partial charge in [-0.25, -0.2) is 0 Å². The zero-order valence-corrected chi connectivity index (χ0v) is 10.3. The van der Waals surface area contributed by atoms with Crippen LogP contribution in [0.4, 0.5) is 0 Å². The first-order valence-electron chi connectivity index (χ1n) is 5.62. The Morgan fingerprint density at radius 1 is 1.36 bits per heavy atom. The molecule has 0 aliphatic rings. The summed E-state index contributed by atoms with van der Waals surface area (Å²) in [5.74, 6) is 0.397. The summed E-state index contributed by atoms with van der Waals surface area (Å²) in [5.41, 5.74) is 0.241. The van der Waals surface area contributed by atoms with Crippen LogP contribution in [0.2, 0.25) is 0 Å². The zero-order valence-electron chi connectivity index (χ0n) is 10.3. The molecular weight excluding hydrogens is 174 g/mol. The lowest BCUT2D eigenvalue weighted by atomic mass is 9.82. The Balaban J connectivity index is 4.18. The SMILES string of the molecule is CCCCC(CC(C)(C)C)C(=O)NC. The van der Waals surface area contributed by atoms with Crippen LogP contribution in [0.1, 0.15) is 53.4 Å². The van der Waals surface area contributed by atoms with E-state index in [1.54, 1.807) is 7.05 Å². The summed E-state index contributed by atoms with van der Waals surface area (Å²) < 4.78 is 0. The number of carbonyl (C=O) groups excluding carboxylic acids is 1. The Morgan fingerprint density at radius 2 is 1.93 bits per heavy atom. The van der Waals surface area contributed by atoms with Crippen molar-refractivity contribution < 1.29 is 4.79 Å². The van der Waals surface area contributed by atoms with Gasteiger partial charge in [-0.15, -0.1) is 0 Å². The summed E-state index contributed by atoms with van der Waals surface area (Å²) in [5, 5.41) is 2.76. The van der Waals surface area contributed by atoms with Gasteiger partial charge >= 0.3 is 0 Å². The summed E-state index contributed by atoms with van der Waals surface area (Å²) in [7, 11) is 1.73. The van der Waals surface area contributed by atoms with E-state index in [2.05, 4.69) is 33.0 Å². The fourth-order valence-corrected chi connectivity index (χ4v) is 1.72. The molecule has 0 aliphatic carbocycles. The van der Waals surface area contributed by atoms with E-state index >= 15 is 0 Å². The fourth-order valence-electron chi connectivity index (χ4n) is 1.72. The first kappa shape index (κ1) is 13.5. The molecule has 84 valence electrons. The number of unbranched alkanes of at least 4 members (excludes halogenated alkanes) is 1. The molecule has 1 amide bonds. The zero-order chi connectivity index (χ0) is 11.2. The Kier molecular flexibility index (Phi) is 5.82. The average Bonchev–Trinajstić information content (AvgIpc) is 2.09. The largest absolute Gasteiger partial charge is 0.359 e. The number of rotatable bonds is 5. The van der Waals surface area contributed by atoms with Gasteiger partial charge in [0.2, 0.25) is 5.91 Å². The lowest BCUT2D eigenvalue weighted by Gasteiger charge is -2.24. The number of hydrogen-bond donors (Lipinski definition) is 1. The van der Waals surface area contributed by atoms with Gasteiger partial charge in [-0.1, -0.05) is 40.5 Å². The molecule has 1 unspecified atom stereocenters. The van der Waals surface area contributed by atoms with Crippen molar-refractivity contribution in [3.63, 3.8) is 0 Å². The minimum atomic E-state index is 0.194. The average molecular weight is 199 g/mol. The fraction of sp³-hybridized carbons (Fsp3) is 0.917. The molecule has 0 saturated heterocycles. The van der Waals surface area contributed by atoms with Gasteiger partial charge in [0.15, 0.2) is 0 Å². The van der Waals surface area contributed by atoms with E-state index in [0.717, 1.165) is 25.7 Å². The van der Waals surface area contributed by atoms with Crippen molar-refractivity contribution in [2.45, 2.75) is 53.4 Å². The highest BCUT2D eigenvalue weighted by Gasteiger charge is 2.23. The number of nitrogens with one attached hydrogen (secondary N) is 1. The van der Waals surface area contributed by atoms with Crippen LogP contribution < -0.4 is 5.32 Å². The standard InChI is InChI=1S/C12H25NO/c1-6-7-8-10(11(14)13-5)9-12(2,3)4/h10H,6-9H2,1-5H3,(H,13,14). The third-order valence-electron chi connectivity index (χ3n) is 2.38. The smallest absolute Gasteiger partial charge is 0.222 e. The second kappa shape index (κ2) is 6.05. The molecule has 0 radical (unpaired) electrons. The van der Waals surface area contributed by atoms with E-state index in [1.165, 1.54) is 0 Å². The summed E-state index contributed by atoms with van der Waals surface area (Å²) in [6, 6.07) is 0. The molecule has 2 heteroatoms. The highest BCUT2D eigenvalue weighted by Crippen LogP contribution is 2.27. The van der Waals surface area contributed by atoms with E-state index < -0.39 is 0 Å². The molecule has 1 N–H and O–H groups in total. The van der Waals surface area contributed by atoms with Gasteiger partial charge in [-0.05, 0) is 18.3 Å². The molecule has 0 aromatic carbocycles. The van der Waals surface area contributed by atoms with Crippen LogP contribution in [-0.2, 0) is 4.79 Å². The van der Waals surface area contributed by atoms with E-state index in [-0.39, 0.29) is 17.2 Å². The third-order valence-corrected chi connectivity index (χ3v) is 2.38. The van der Waals surface area contributed by atoms with Crippen molar-refractivity contribution in [1.82, 2.24) is 5.32 Å². The Hall–Kier alpha value is -0.530. The van der Waals surface area contributed by atoms with E-state index in [0.29, 0.717) is 0 Å². The summed E-state index contributed by atoms with van der Waals surface area (Å²) in [6.07, 6.45) is 4.31. The van der Waals surface area contributed by atoms with Crippen LogP contribution in [0.5, 0.6) is 0 Å². The van der Waals surface area contributed by atoms with Crippen LogP contribution >= 0.6 is 0 Å². The number of amides is 1. The van der Waals surface area contributed by atoms with Crippen molar-refractivity contribution in [2.24, 2.45) is 11.3 Å². The lowest BCUT2D eigenvalue weighted by molar-refractivity contribution is -0.125. The second-order valence-corrected chi connectivity index (χ2v) is 5.22. The second-order valence-electron chi connectivity index (χ2n) is 5.22. The van der Waals surface area contributed by atoms with Gasteiger partial charge in [0.1, 0.15) is 0 Å². The summed E-state index contributed by atoms with van der Waals surface area (Å²) in [6.45, 7) is 8.73. The molecule has 0 aromatic heterocycles. The maximum atomic E-state index is 11.6. The van der Waals surface area contributed by atoms with Gasteiger partial charge in [-0.2, -0.15) is 0 Å². The molecule has 0 rings (SSSR count). The molecule has 0 aliphatic heterocycles. The monoisotopic (exact) mass is 199 g/mol. The maximum absolute atomic E-state index is 11.6. The normalized spacial score (nSPS) is 13.8. The van der Waals surface area contributed by atoms with Crippen molar-refractivity contribution >= 4 is 5.91 Å². The van der Waals surface area contributed by atoms with Crippen LogP contribution in [0.25, 0.3) is 0 Å². The minimum Gasteiger partial charge on any atom is -0.359 e. The van der Waals surface area contributed by atoms with Crippen LogP contribution in [-0.4, -0.2) is 13.0 Å². The van der Waals surface area contributed by atoms with E-state index in [4.69, 9.17) is 0 Å². The van der Waals surface area contributed by atoms with Crippen molar-refractivity contribution in [2.75, 3.05) is 7.05 Å². The topological polar surface area (TPSA) is 29.1 Å². The van der Waals surface area contributed by atoms with Gasteiger partial charge < -0.3 is 5.32 Å². The van der Waals surface area contributed by atoms with Gasteiger partial charge in [-0.3, -0.25) is 4.79 Å². The van der Waals surface area contributed by atoms with Crippen molar-refractivity contribution in [3.05, 3.63) is 0 Å². The predicted octanol–water partition coefficient (Wildman–Crippen LogP) is 2.98. The van der Waals surface area contributed by atoms with Crippen LogP contribution in [0.15, 0.2) is 0 Å². The first-order valence-corrected chi connectivity index (χ1v) is 5.62. The Labute approximate surface area is 88.5 Å². The molecular formula is C12H25NO. The molecule has 1 atom stereocenters. The molecule has 0 spiro atoms. The maximum Gasteiger partial charge on any atom is 0.222 e. The molecule has 0 heterocycles. The first-order chi connectivity index (χ1) is 6.40. The van der Waals surface area contributed by atoms with Crippen molar-refractivity contribution in [3.8, 4) is 0 Å². The lowest BCUT2D eigenvalue weighted by Crippen LogP contribution is -2.30. The number of carbonyl (C=O) groups is 1. The minimum absolute atomic E-state index is 0.194. The number of hydrogen-bond acceptors (Lipinski definition) is 1. The molecule has 0 aromatic rings. The molecule has 2 nitrogen and oxygen atoms in total. The highest BCUT2D eigenvalue weighted by atomic mass is 16.1. The highest BCUT2D eigenvalue weighted by molar-refractivity contribution is 5.78. The van der Waals surface area contributed by atoms with Gasteiger partial charge in [0.25, 0.3) is 0 Å². The van der Waals surface area contributed by atoms with Crippen LogP contribution in [0, 0.1) is 11.3 Å².